The van der Waals surface area contributed by atoms with E-state index in [1.807, 2.05) is 6.92 Å². The minimum atomic E-state index is -3.39. The molecule has 38 heavy (non-hydrogen) atoms. The fraction of sp³-hybridized carbons (Fsp3) is 0.667. The predicted molar refractivity (Wildman–Crippen MR) is 144 cm³/mol. The van der Waals surface area contributed by atoms with Crippen LogP contribution in [0.3, 0.4) is 0 Å². The van der Waals surface area contributed by atoms with Crippen molar-refractivity contribution in [3.8, 4) is 0 Å². The Morgan fingerprint density at radius 2 is 2.08 bits per heavy atom. The number of benzene rings is 1. The van der Waals surface area contributed by atoms with E-state index in [-0.39, 0.29) is 42.7 Å². The van der Waals surface area contributed by atoms with Crippen molar-refractivity contribution in [1.82, 2.24) is 10.2 Å². The summed E-state index contributed by atoms with van der Waals surface area (Å²) >= 11 is 0. The van der Waals surface area contributed by atoms with Gasteiger partial charge in [-0.25, -0.2) is 0 Å². The van der Waals surface area contributed by atoms with E-state index < -0.39 is 31.6 Å². The number of carbonyl (C=O) groups is 3. The number of ether oxygens (including phenoxy) is 1. The van der Waals surface area contributed by atoms with Crippen LogP contribution in [0.15, 0.2) is 18.2 Å². The number of nitrogens with zero attached hydrogens (tertiary/aromatic N) is 1. The van der Waals surface area contributed by atoms with Crippen molar-refractivity contribution in [2.24, 2.45) is 11.8 Å². The number of nitrogens with one attached hydrogen (secondary N) is 3. The van der Waals surface area contributed by atoms with Gasteiger partial charge in [0.05, 0.1) is 31.1 Å². The quantitative estimate of drug-likeness (QED) is 0.322. The van der Waals surface area contributed by atoms with Gasteiger partial charge in [0.25, 0.3) is 5.91 Å². The number of fused-ring (bicyclic) bond motifs is 2. The van der Waals surface area contributed by atoms with Gasteiger partial charge in [-0.2, -0.15) is 0 Å². The number of hydrogen-bond donors (Lipinski definition) is 4. The van der Waals surface area contributed by atoms with E-state index in [1.165, 1.54) is 0 Å². The standard InChI is InChI=1S/C27H39FN4O5Si/c1-16-24(38(2,3)28)22(13-23(34)32-11-5-7-19(32)15-33)37-27(16)20-12-18(8-9-21(20)31-26(27)36)30-25(35)17-6-4-10-29-14-17/h8-9,12,16-17,19,22,24,29,33H,4-7,10-11,13-15H2,1-3H3,(H,30,35)(H,31,36)/t16-,17?,19+,22+,24-,27+/m1/s1. The fourth-order valence-corrected chi connectivity index (χ4v) is 9.60. The molecule has 0 aliphatic carbocycles. The first-order chi connectivity index (χ1) is 18.1. The second-order valence-electron chi connectivity index (χ2n) is 11.8. The lowest BCUT2D eigenvalue weighted by Crippen LogP contribution is -2.42. The average Bonchev–Trinajstić information content (AvgIpc) is 3.55. The summed E-state index contributed by atoms with van der Waals surface area (Å²) < 4.78 is 22.4. The maximum atomic E-state index is 15.9. The van der Waals surface area contributed by atoms with E-state index >= 15 is 4.11 Å². The normalized spacial score (nSPS) is 32.9. The highest BCUT2D eigenvalue weighted by Gasteiger charge is 2.65. The third-order valence-electron chi connectivity index (χ3n) is 8.93. The third kappa shape index (κ3) is 4.67. The highest BCUT2D eigenvalue weighted by molar-refractivity contribution is 6.72. The van der Waals surface area contributed by atoms with Gasteiger partial charge in [-0.1, -0.05) is 6.92 Å². The van der Waals surface area contributed by atoms with Crippen LogP contribution in [0, 0.1) is 11.8 Å². The second-order valence-corrected chi connectivity index (χ2v) is 15.6. The summed E-state index contributed by atoms with van der Waals surface area (Å²) in [6, 6.07) is 5.02. The number of piperidine rings is 1. The summed E-state index contributed by atoms with van der Waals surface area (Å²) in [4.78, 5) is 41.4. The number of rotatable bonds is 6. The Morgan fingerprint density at radius 1 is 1.29 bits per heavy atom. The van der Waals surface area contributed by atoms with E-state index in [0.717, 1.165) is 32.2 Å². The molecule has 0 saturated carbocycles. The Kier molecular flexibility index (Phi) is 7.40. The summed E-state index contributed by atoms with van der Waals surface area (Å²) in [5, 5.41) is 18.8. The zero-order chi connectivity index (χ0) is 27.2. The molecule has 3 saturated heterocycles. The highest BCUT2D eigenvalue weighted by Crippen LogP contribution is 2.59. The van der Waals surface area contributed by atoms with Gasteiger partial charge in [0, 0.05) is 41.5 Å². The van der Waals surface area contributed by atoms with Crippen LogP contribution in [-0.4, -0.2) is 74.5 Å². The molecule has 9 nitrogen and oxygen atoms in total. The predicted octanol–water partition coefficient (Wildman–Crippen LogP) is 2.73. The Labute approximate surface area is 224 Å². The number of aliphatic hydroxyl groups is 1. The van der Waals surface area contributed by atoms with Gasteiger partial charge in [-0.15, -0.1) is 0 Å². The summed E-state index contributed by atoms with van der Waals surface area (Å²) in [6.07, 6.45) is 2.50. The molecule has 0 aromatic heterocycles. The van der Waals surface area contributed by atoms with E-state index in [9.17, 15) is 19.5 Å². The zero-order valence-corrected chi connectivity index (χ0v) is 23.4. The minimum absolute atomic E-state index is 0.0404. The first-order valence-corrected chi connectivity index (χ1v) is 16.8. The van der Waals surface area contributed by atoms with Crippen LogP contribution in [0.4, 0.5) is 15.5 Å². The molecule has 1 spiro atoms. The monoisotopic (exact) mass is 546 g/mol. The molecule has 3 fully saturated rings. The molecule has 4 N–H and O–H groups in total. The average molecular weight is 547 g/mol. The van der Waals surface area contributed by atoms with Crippen molar-refractivity contribution in [2.75, 3.05) is 36.9 Å². The topological polar surface area (TPSA) is 120 Å². The smallest absolute Gasteiger partial charge is 0.261 e. The SMILES string of the molecule is C[C@@H]1[C@@H]([Si](C)(C)F)[C@H](CC(=O)N2CCC[C@H]2CO)O[C@@]12C(=O)Nc1ccc(NC(=O)C3CCCNC3)cc12. The van der Waals surface area contributed by atoms with Crippen LogP contribution >= 0.6 is 0 Å². The molecule has 1 aromatic carbocycles. The molecule has 0 radical (unpaired) electrons. The molecule has 0 bridgehead atoms. The largest absolute Gasteiger partial charge is 0.394 e. The van der Waals surface area contributed by atoms with Gasteiger partial charge in [0.15, 0.2) is 5.60 Å². The molecular weight excluding hydrogens is 507 g/mol. The number of carbonyl (C=O) groups excluding carboxylic acids is 3. The summed E-state index contributed by atoms with van der Waals surface area (Å²) in [7, 11) is -3.39. The van der Waals surface area contributed by atoms with Crippen LogP contribution in [0.5, 0.6) is 0 Å². The summed E-state index contributed by atoms with van der Waals surface area (Å²) in [6.45, 7) is 7.02. The van der Waals surface area contributed by atoms with Gasteiger partial charge < -0.3 is 34.8 Å². The number of hydrogen-bond acceptors (Lipinski definition) is 6. The molecule has 4 aliphatic heterocycles. The van der Waals surface area contributed by atoms with Gasteiger partial charge in [0.2, 0.25) is 20.2 Å². The van der Waals surface area contributed by atoms with Crippen LogP contribution in [0.1, 0.15) is 44.6 Å². The lowest BCUT2D eigenvalue weighted by Gasteiger charge is -2.31. The van der Waals surface area contributed by atoms with Crippen LogP contribution in [0.2, 0.25) is 18.6 Å². The van der Waals surface area contributed by atoms with Gasteiger partial charge >= 0.3 is 0 Å². The molecule has 1 aromatic rings. The maximum absolute atomic E-state index is 15.9. The molecule has 208 valence electrons. The van der Waals surface area contributed by atoms with Crippen molar-refractivity contribution >= 4 is 37.5 Å². The Morgan fingerprint density at radius 3 is 2.76 bits per heavy atom. The van der Waals surface area contributed by atoms with Crippen molar-refractivity contribution in [3.63, 3.8) is 0 Å². The number of amides is 3. The van der Waals surface area contributed by atoms with Crippen LogP contribution in [-0.2, 0) is 24.7 Å². The van der Waals surface area contributed by atoms with Gasteiger partial charge in [-0.3, -0.25) is 14.4 Å². The van der Waals surface area contributed by atoms with Crippen molar-refractivity contribution < 1.29 is 28.3 Å². The molecule has 5 rings (SSSR count). The van der Waals surface area contributed by atoms with Crippen LogP contribution < -0.4 is 16.0 Å². The lowest BCUT2D eigenvalue weighted by atomic mass is 9.82. The van der Waals surface area contributed by atoms with Crippen molar-refractivity contribution in [3.05, 3.63) is 23.8 Å². The molecule has 4 heterocycles. The van der Waals surface area contributed by atoms with E-state index in [0.29, 0.717) is 30.0 Å². The zero-order valence-electron chi connectivity index (χ0n) is 22.4. The van der Waals surface area contributed by atoms with Crippen LogP contribution in [0.25, 0.3) is 0 Å². The lowest BCUT2D eigenvalue weighted by molar-refractivity contribution is -0.148. The first-order valence-electron chi connectivity index (χ1n) is 13.8. The Balaban J connectivity index is 1.44. The number of likely N-dealkylation sites (tertiary alicyclic amines) is 1. The van der Waals surface area contributed by atoms with E-state index in [1.54, 1.807) is 36.2 Å². The van der Waals surface area contributed by atoms with E-state index in [4.69, 9.17) is 4.74 Å². The fourth-order valence-electron chi connectivity index (χ4n) is 7.11. The third-order valence-corrected chi connectivity index (χ3v) is 11.4. The summed E-state index contributed by atoms with van der Waals surface area (Å²) in [5.41, 5.74) is -0.340. The van der Waals surface area contributed by atoms with Crippen molar-refractivity contribution in [2.45, 2.75) is 75.4 Å². The van der Waals surface area contributed by atoms with Gasteiger partial charge in [0.1, 0.15) is 0 Å². The number of halogens is 1. The molecule has 6 atom stereocenters. The number of anilines is 2. The molecule has 3 amide bonds. The van der Waals surface area contributed by atoms with Crippen molar-refractivity contribution in [1.29, 1.82) is 0 Å². The highest BCUT2D eigenvalue weighted by atomic mass is 28.4. The molecule has 1 unspecified atom stereocenters. The Bertz CT molecular complexity index is 1110. The maximum Gasteiger partial charge on any atom is 0.261 e. The molecule has 11 heteroatoms. The van der Waals surface area contributed by atoms with Gasteiger partial charge in [-0.05, 0) is 63.5 Å². The first kappa shape index (κ1) is 27.2. The Hall–Kier alpha value is -2.34. The summed E-state index contributed by atoms with van der Waals surface area (Å²) in [5.74, 6) is -1.27. The minimum Gasteiger partial charge on any atom is -0.394 e. The molecular formula is C27H39FN4O5Si. The number of aliphatic hydroxyl groups excluding tert-OH is 1. The second kappa shape index (κ2) is 10.3. The van der Waals surface area contributed by atoms with E-state index in [2.05, 4.69) is 16.0 Å². The molecule has 4 aliphatic rings.